The Morgan fingerprint density at radius 2 is 1.59 bits per heavy atom. The van der Waals surface area contributed by atoms with E-state index in [1.54, 1.807) is 38.1 Å². The van der Waals surface area contributed by atoms with Crippen LogP contribution in [0, 0.1) is 0 Å². The zero-order chi connectivity index (χ0) is 20.1. The second-order valence-corrected chi connectivity index (χ2v) is 8.51. The van der Waals surface area contributed by atoms with Crippen molar-refractivity contribution in [3.05, 3.63) is 35.9 Å². The van der Waals surface area contributed by atoms with Gasteiger partial charge >= 0.3 is 7.60 Å². The predicted molar refractivity (Wildman–Crippen MR) is 109 cm³/mol. The van der Waals surface area contributed by atoms with E-state index >= 15 is 0 Å². The van der Waals surface area contributed by atoms with Gasteiger partial charge in [0.2, 0.25) is 5.90 Å². The van der Waals surface area contributed by atoms with Crippen LogP contribution in [0.25, 0.3) is 0 Å². The Bertz CT molecular complexity index is 619. The molecule has 0 N–H and O–H groups in total. The Morgan fingerprint density at radius 3 is 2.07 bits per heavy atom. The molecule has 0 saturated heterocycles. The number of aliphatic imine (C=N–C) groups is 1. The van der Waals surface area contributed by atoms with Gasteiger partial charge in [0.25, 0.3) is 5.91 Å². The van der Waals surface area contributed by atoms with Crippen LogP contribution in [-0.2, 0) is 18.3 Å². The van der Waals surface area contributed by atoms with Crippen LogP contribution in [0.3, 0.4) is 0 Å². The van der Waals surface area contributed by atoms with E-state index < -0.39 is 19.2 Å². The monoisotopic (exact) mass is 397 g/mol. The van der Waals surface area contributed by atoms with Crippen LogP contribution >= 0.6 is 7.60 Å². The molecule has 0 fully saturated rings. The van der Waals surface area contributed by atoms with Crippen LogP contribution in [0.2, 0.25) is 0 Å². The number of carbonyl (C=O) groups is 1. The largest absolute Gasteiger partial charge is 0.480 e. The number of rotatable bonds is 12. The molecule has 6 nitrogen and oxygen atoms in total. The molecule has 0 aliphatic rings. The average molecular weight is 397 g/mol. The SMILES string of the molecule is CCCCOP(=O)(OCCCC)C(C)C(=NC(=O)c1ccccc1)OCC. The molecule has 7 heteroatoms. The van der Waals surface area contributed by atoms with Crippen LogP contribution in [0.1, 0.15) is 63.7 Å². The lowest BCUT2D eigenvalue weighted by Crippen LogP contribution is -2.25. The maximum Gasteiger partial charge on any atom is 0.342 e. The van der Waals surface area contributed by atoms with Gasteiger partial charge in [0.15, 0.2) is 0 Å². The minimum Gasteiger partial charge on any atom is -0.480 e. The maximum atomic E-state index is 13.4. The molecule has 1 rings (SSSR count). The van der Waals surface area contributed by atoms with E-state index in [2.05, 4.69) is 4.99 Å². The molecule has 1 aromatic rings. The quantitative estimate of drug-likeness (QED) is 0.202. The van der Waals surface area contributed by atoms with Crippen molar-refractivity contribution in [3.8, 4) is 0 Å². The molecule has 0 aliphatic heterocycles. The molecule has 152 valence electrons. The first kappa shape index (κ1) is 23.5. The van der Waals surface area contributed by atoms with E-state index in [0.717, 1.165) is 25.7 Å². The second kappa shape index (κ2) is 12.8. The molecule has 0 heterocycles. The molecule has 1 atom stereocenters. The fraction of sp³-hybridized carbons (Fsp3) is 0.600. The zero-order valence-electron chi connectivity index (χ0n) is 16.8. The summed E-state index contributed by atoms with van der Waals surface area (Å²) in [5, 5.41) is 0. The van der Waals surface area contributed by atoms with Crippen molar-refractivity contribution >= 4 is 19.4 Å². The summed E-state index contributed by atoms with van der Waals surface area (Å²) in [4.78, 5) is 16.5. The standard InChI is InChI=1S/C20H32NO5P/c1-5-8-15-25-27(23,26-16-9-6-2)17(4)20(24-7-3)21-19(22)18-13-11-10-12-14-18/h10-14,17H,5-9,15-16H2,1-4H3. The number of ether oxygens (including phenoxy) is 1. The highest BCUT2D eigenvalue weighted by molar-refractivity contribution is 7.55. The van der Waals surface area contributed by atoms with Gasteiger partial charge in [0.05, 0.1) is 19.8 Å². The van der Waals surface area contributed by atoms with Crippen molar-refractivity contribution < 1.29 is 23.1 Å². The molecule has 0 saturated carbocycles. The molecule has 0 spiro atoms. The average Bonchev–Trinajstić information content (AvgIpc) is 2.68. The van der Waals surface area contributed by atoms with Gasteiger partial charge in [-0.3, -0.25) is 9.36 Å². The topological polar surface area (TPSA) is 74.2 Å². The molecule has 0 aliphatic carbocycles. The fourth-order valence-corrected chi connectivity index (χ4v) is 3.90. The Balaban J connectivity index is 3.06. The number of hydrogen-bond donors (Lipinski definition) is 0. The van der Waals surface area contributed by atoms with Crippen molar-refractivity contribution in [1.29, 1.82) is 0 Å². The van der Waals surface area contributed by atoms with Gasteiger partial charge in [-0.2, -0.15) is 4.99 Å². The number of benzene rings is 1. The number of hydrogen-bond acceptors (Lipinski definition) is 5. The Hall–Kier alpha value is -1.49. The zero-order valence-corrected chi connectivity index (χ0v) is 17.7. The van der Waals surface area contributed by atoms with Gasteiger partial charge in [-0.1, -0.05) is 44.9 Å². The highest BCUT2D eigenvalue weighted by Gasteiger charge is 2.38. The van der Waals surface area contributed by atoms with Crippen molar-refractivity contribution in [2.24, 2.45) is 4.99 Å². The van der Waals surface area contributed by atoms with Crippen LogP contribution < -0.4 is 0 Å². The minimum atomic E-state index is -3.51. The highest BCUT2D eigenvalue weighted by Crippen LogP contribution is 2.54. The Labute approximate surface area is 162 Å². The summed E-state index contributed by atoms with van der Waals surface area (Å²) in [6, 6.07) is 8.70. The first-order valence-electron chi connectivity index (χ1n) is 9.68. The van der Waals surface area contributed by atoms with E-state index in [0.29, 0.717) is 25.4 Å². The van der Waals surface area contributed by atoms with Crippen LogP contribution in [-0.4, -0.2) is 37.3 Å². The molecule has 0 bridgehead atoms. The lowest BCUT2D eigenvalue weighted by Gasteiger charge is -2.25. The summed E-state index contributed by atoms with van der Waals surface area (Å²) in [7, 11) is -3.51. The van der Waals surface area contributed by atoms with E-state index in [4.69, 9.17) is 13.8 Å². The smallest absolute Gasteiger partial charge is 0.342 e. The maximum absolute atomic E-state index is 13.4. The van der Waals surface area contributed by atoms with Crippen molar-refractivity contribution in [2.45, 2.75) is 59.0 Å². The number of carbonyl (C=O) groups excluding carboxylic acids is 1. The van der Waals surface area contributed by atoms with Crippen LogP contribution in [0.4, 0.5) is 0 Å². The Morgan fingerprint density at radius 1 is 1.04 bits per heavy atom. The first-order chi connectivity index (χ1) is 13.0. The van der Waals surface area contributed by atoms with Crippen LogP contribution in [0.15, 0.2) is 35.3 Å². The van der Waals surface area contributed by atoms with Crippen molar-refractivity contribution in [1.82, 2.24) is 0 Å². The molecule has 0 radical (unpaired) electrons. The summed E-state index contributed by atoms with van der Waals surface area (Å²) in [6.07, 6.45) is 3.39. The van der Waals surface area contributed by atoms with E-state index in [1.807, 2.05) is 19.9 Å². The molecule has 27 heavy (non-hydrogen) atoms. The third kappa shape index (κ3) is 7.96. The number of nitrogens with zero attached hydrogens (tertiary/aromatic N) is 1. The van der Waals surface area contributed by atoms with Crippen molar-refractivity contribution in [3.63, 3.8) is 0 Å². The van der Waals surface area contributed by atoms with Gasteiger partial charge in [0, 0.05) is 5.56 Å². The molecular formula is C20H32NO5P. The van der Waals surface area contributed by atoms with E-state index in [9.17, 15) is 9.36 Å². The van der Waals surface area contributed by atoms with Gasteiger partial charge in [-0.25, -0.2) is 0 Å². The lowest BCUT2D eigenvalue weighted by molar-refractivity contribution is 0.0998. The first-order valence-corrected chi connectivity index (χ1v) is 11.3. The van der Waals surface area contributed by atoms with Gasteiger partial charge < -0.3 is 13.8 Å². The number of amides is 1. The normalized spacial score (nSPS) is 13.4. The highest BCUT2D eigenvalue weighted by atomic mass is 31.2. The number of unbranched alkanes of at least 4 members (excludes halogenated alkanes) is 2. The molecule has 1 amide bonds. The fourth-order valence-electron chi connectivity index (χ4n) is 2.21. The van der Waals surface area contributed by atoms with Gasteiger partial charge in [-0.05, 0) is 38.8 Å². The van der Waals surface area contributed by atoms with Crippen LogP contribution in [0.5, 0.6) is 0 Å². The summed E-state index contributed by atoms with van der Waals surface area (Å²) in [5.41, 5.74) is -0.325. The minimum absolute atomic E-state index is 0.0858. The summed E-state index contributed by atoms with van der Waals surface area (Å²) in [6.45, 7) is 8.48. The third-order valence-corrected chi connectivity index (χ3v) is 6.15. The predicted octanol–water partition coefficient (Wildman–Crippen LogP) is 5.48. The second-order valence-electron chi connectivity index (χ2n) is 6.14. The Kier molecular flexibility index (Phi) is 11.2. The summed E-state index contributed by atoms with van der Waals surface area (Å²) in [5.74, 6) is -0.359. The summed E-state index contributed by atoms with van der Waals surface area (Å²) < 4.78 is 30.2. The molecule has 1 aromatic carbocycles. The van der Waals surface area contributed by atoms with Crippen molar-refractivity contribution in [2.75, 3.05) is 19.8 Å². The third-order valence-electron chi connectivity index (χ3n) is 3.89. The van der Waals surface area contributed by atoms with E-state index in [1.165, 1.54) is 0 Å². The summed E-state index contributed by atoms with van der Waals surface area (Å²) >= 11 is 0. The van der Waals surface area contributed by atoms with Gasteiger partial charge in [0.1, 0.15) is 5.66 Å². The molecule has 0 aromatic heterocycles. The molecular weight excluding hydrogens is 365 g/mol. The lowest BCUT2D eigenvalue weighted by atomic mass is 10.2. The molecule has 1 unspecified atom stereocenters. The van der Waals surface area contributed by atoms with E-state index in [-0.39, 0.29) is 5.90 Å². The van der Waals surface area contributed by atoms with Gasteiger partial charge in [-0.15, -0.1) is 0 Å².